The fourth-order valence-corrected chi connectivity index (χ4v) is 3.01. The van der Waals surface area contributed by atoms with Gasteiger partial charge in [0.2, 0.25) is 0 Å². The number of ether oxygens (including phenoxy) is 1. The average Bonchev–Trinajstić information content (AvgIpc) is 2.73. The van der Waals surface area contributed by atoms with Gasteiger partial charge in [-0.2, -0.15) is 5.26 Å². The highest BCUT2D eigenvalue weighted by molar-refractivity contribution is 5.09. The molecule has 1 saturated carbocycles. The number of nitrogens with zero attached hydrogens (tertiary/aromatic N) is 1. The van der Waals surface area contributed by atoms with Crippen LogP contribution in [-0.4, -0.2) is 13.2 Å². The van der Waals surface area contributed by atoms with E-state index in [1.54, 1.807) is 0 Å². The van der Waals surface area contributed by atoms with Crippen molar-refractivity contribution in [3.8, 4) is 6.07 Å². The molecular weight excluding hydrogens is 162 g/mol. The van der Waals surface area contributed by atoms with E-state index in [1.807, 2.05) is 0 Å². The smallest absolute Gasteiger partial charge is 0.0696 e. The summed E-state index contributed by atoms with van der Waals surface area (Å²) in [6.45, 7) is 3.91. The lowest BCUT2D eigenvalue weighted by Crippen LogP contribution is -2.32. The molecular formula is C11H17NO. The van der Waals surface area contributed by atoms with Gasteiger partial charge in [-0.1, -0.05) is 13.3 Å². The van der Waals surface area contributed by atoms with Gasteiger partial charge < -0.3 is 4.74 Å². The zero-order valence-electron chi connectivity index (χ0n) is 8.25. The van der Waals surface area contributed by atoms with Crippen molar-refractivity contribution in [1.29, 1.82) is 5.26 Å². The van der Waals surface area contributed by atoms with Gasteiger partial charge in [0.25, 0.3) is 0 Å². The van der Waals surface area contributed by atoms with E-state index in [9.17, 15) is 5.26 Å². The Labute approximate surface area is 79.9 Å². The maximum Gasteiger partial charge on any atom is 0.0696 e. The van der Waals surface area contributed by atoms with Gasteiger partial charge in [-0.15, -0.1) is 0 Å². The van der Waals surface area contributed by atoms with Crippen LogP contribution in [-0.2, 0) is 4.74 Å². The molecule has 0 aromatic rings. The van der Waals surface area contributed by atoms with E-state index in [2.05, 4.69) is 13.0 Å². The molecule has 2 nitrogen and oxygen atoms in total. The van der Waals surface area contributed by atoms with Crippen LogP contribution in [0.4, 0.5) is 0 Å². The van der Waals surface area contributed by atoms with Gasteiger partial charge in [-0.05, 0) is 25.2 Å². The van der Waals surface area contributed by atoms with E-state index in [0.717, 1.165) is 26.1 Å². The number of nitriles is 1. The Balaban J connectivity index is 2.19. The van der Waals surface area contributed by atoms with Gasteiger partial charge in [-0.3, -0.25) is 0 Å². The molecule has 2 aliphatic rings. The van der Waals surface area contributed by atoms with Crippen molar-refractivity contribution in [1.82, 2.24) is 0 Å². The van der Waals surface area contributed by atoms with Crippen molar-refractivity contribution < 1.29 is 4.74 Å². The van der Waals surface area contributed by atoms with Crippen molar-refractivity contribution in [2.75, 3.05) is 13.2 Å². The zero-order chi connectivity index (χ0) is 9.31. The Bertz CT molecular complexity index is 227. The van der Waals surface area contributed by atoms with Crippen LogP contribution in [0.1, 0.15) is 32.6 Å². The molecule has 3 unspecified atom stereocenters. The topological polar surface area (TPSA) is 33.0 Å². The molecule has 0 amide bonds. The number of rotatable bonds is 1. The molecule has 1 saturated heterocycles. The SMILES string of the molecule is CC1CCCC1(C#N)C1CCOC1. The van der Waals surface area contributed by atoms with E-state index in [-0.39, 0.29) is 5.41 Å². The van der Waals surface area contributed by atoms with Crippen molar-refractivity contribution in [2.45, 2.75) is 32.6 Å². The largest absolute Gasteiger partial charge is 0.381 e. The molecule has 2 fully saturated rings. The first-order valence-corrected chi connectivity index (χ1v) is 5.28. The molecule has 0 aromatic carbocycles. The highest BCUT2D eigenvalue weighted by Crippen LogP contribution is 2.50. The Kier molecular flexibility index (Phi) is 2.29. The minimum atomic E-state index is -0.0451. The van der Waals surface area contributed by atoms with Gasteiger partial charge in [0.1, 0.15) is 0 Å². The molecule has 1 aliphatic heterocycles. The molecule has 2 heteroatoms. The fraction of sp³-hybridized carbons (Fsp3) is 0.909. The Morgan fingerprint density at radius 1 is 1.46 bits per heavy atom. The van der Waals surface area contributed by atoms with Crippen LogP contribution < -0.4 is 0 Å². The third-order valence-electron chi connectivity index (χ3n) is 3.97. The van der Waals surface area contributed by atoms with E-state index in [4.69, 9.17) is 4.74 Å². The molecule has 1 heterocycles. The summed E-state index contributed by atoms with van der Waals surface area (Å²) >= 11 is 0. The summed E-state index contributed by atoms with van der Waals surface area (Å²) < 4.78 is 5.39. The monoisotopic (exact) mass is 179 g/mol. The molecule has 2 rings (SSSR count). The molecule has 13 heavy (non-hydrogen) atoms. The predicted octanol–water partition coefficient (Wildman–Crippen LogP) is 2.35. The first-order chi connectivity index (χ1) is 6.29. The Morgan fingerprint density at radius 3 is 2.77 bits per heavy atom. The summed E-state index contributed by atoms with van der Waals surface area (Å²) in [4.78, 5) is 0. The number of hydrogen-bond donors (Lipinski definition) is 0. The summed E-state index contributed by atoms with van der Waals surface area (Å²) in [5.74, 6) is 1.08. The van der Waals surface area contributed by atoms with Crippen molar-refractivity contribution >= 4 is 0 Å². The first-order valence-electron chi connectivity index (χ1n) is 5.28. The maximum atomic E-state index is 9.34. The maximum absolute atomic E-state index is 9.34. The number of hydrogen-bond acceptors (Lipinski definition) is 2. The molecule has 0 radical (unpaired) electrons. The lowest BCUT2D eigenvalue weighted by molar-refractivity contribution is 0.132. The summed E-state index contributed by atoms with van der Waals surface area (Å²) in [5, 5.41) is 9.34. The van der Waals surface area contributed by atoms with Crippen LogP contribution in [0, 0.1) is 28.6 Å². The van der Waals surface area contributed by atoms with Gasteiger partial charge >= 0.3 is 0 Å². The fourth-order valence-electron chi connectivity index (χ4n) is 3.01. The third kappa shape index (κ3) is 1.26. The molecule has 0 spiro atoms. The van der Waals surface area contributed by atoms with Crippen molar-refractivity contribution in [3.63, 3.8) is 0 Å². The van der Waals surface area contributed by atoms with Gasteiger partial charge in [0.15, 0.2) is 0 Å². The van der Waals surface area contributed by atoms with Crippen molar-refractivity contribution in [3.05, 3.63) is 0 Å². The highest BCUT2D eigenvalue weighted by Gasteiger charge is 2.47. The average molecular weight is 179 g/mol. The quantitative estimate of drug-likeness (QED) is 0.619. The normalized spacial score (nSPS) is 44.9. The van der Waals surface area contributed by atoms with Crippen LogP contribution >= 0.6 is 0 Å². The minimum Gasteiger partial charge on any atom is -0.381 e. The van der Waals surface area contributed by atoms with E-state index >= 15 is 0 Å². The van der Waals surface area contributed by atoms with Gasteiger partial charge in [0, 0.05) is 12.5 Å². The Hall–Kier alpha value is -0.550. The van der Waals surface area contributed by atoms with E-state index in [0.29, 0.717) is 11.8 Å². The second kappa shape index (κ2) is 3.31. The standard InChI is InChI=1S/C11H17NO/c1-9-3-2-5-11(9,8-12)10-4-6-13-7-10/h9-10H,2-7H2,1H3. The minimum absolute atomic E-state index is 0.0451. The van der Waals surface area contributed by atoms with Crippen LogP contribution in [0.5, 0.6) is 0 Å². The third-order valence-corrected chi connectivity index (χ3v) is 3.97. The van der Waals surface area contributed by atoms with Crippen LogP contribution in [0.15, 0.2) is 0 Å². The van der Waals surface area contributed by atoms with Crippen LogP contribution in [0.25, 0.3) is 0 Å². The van der Waals surface area contributed by atoms with E-state index < -0.39 is 0 Å². The molecule has 72 valence electrons. The predicted molar refractivity (Wildman–Crippen MR) is 50.0 cm³/mol. The van der Waals surface area contributed by atoms with E-state index in [1.165, 1.54) is 12.8 Å². The summed E-state index contributed by atoms with van der Waals surface area (Å²) in [6, 6.07) is 2.59. The molecule has 3 atom stereocenters. The molecule has 0 aromatic heterocycles. The lowest BCUT2D eigenvalue weighted by Gasteiger charge is -2.31. The summed E-state index contributed by atoms with van der Waals surface area (Å²) in [6.07, 6.45) is 4.64. The van der Waals surface area contributed by atoms with Crippen LogP contribution in [0.3, 0.4) is 0 Å². The lowest BCUT2D eigenvalue weighted by atomic mass is 9.69. The second-order valence-corrected chi connectivity index (χ2v) is 4.51. The second-order valence-electron chi connectivity index (χ2n) is 4.51. The molecule has 0 bridgehead atoms. The molecule has 0 N–H and O–H groups in total. The van der Waals surface area contributed by atoms with Gasteiger partial charge in [-0.25, -0.2) is 0 Å². The van der Waals surface area contributed by atoms with Crippen LogP contribution in [0.2, 0.25) is 0 Å². The van der Waals surface area contributed by atoms with Gasteiger partial charge in [0.05, 0.1) is 18.1 Å². The summed E-state index contributed by atoms with van der Waals surface area (Å²) in [7, 11) is 0. The summed E-state index contributed by atoms with van der Waals surface area (Å²) in [5.41, 5.74) is -0.0451. The first kappa shape index (κ1) is 9.02. The molecule has 1 aliphatic carbocycles. The highest BCUT2D eigenvalue weighted by atomic mass is 16.5. The Morgan fingerprint density at radius 2 is 2.31 bits per heavy atom. The van der Waals surface area contributed by atoms with Crippen molar-refractivity contribution in [2.24, 2.45) is 17.3 Å². The zero-order valence-corrected chi connectivity index (χ0v) is 8.25.